The van der Waals surface area contributed by atoms with E-state index in [0.29, 0.717) is 21.8 Å². The van der Waals surface area contributed by atoms with E-state index in [2.05, 4.69) is 22.1 Å². The minimum absolute atomic E-state index is 0.128. The molecule has 24 heavy (non-hydrogen) atoms. The number of halogens is 2. The number of aromatic amines is 1. The molecular weight excluding hydrogens is 365 g/mol. The molecule has 0 aliphatic rings. The van der Waals surface area contributed by atoms with E-state index < -0.39 is 0 Å². The molecule has 1 N–H and O–H groups in total. The molecule has 0 fully saturated rings. The molecule has 0 amide bonds. The molecule has 2 aromatic carbocycles. The van der Waals surface area contributed by atoms with Gasteiger partial charge in [0.2, 0.25) is 5.16 Å². The number of thioether (sulfide) groups is 1. The van der Waals surface area contributed by atoms with E-state index in [0.717, 1.165) is 16.1 Å². The molecule has 0 aliphatic carbocycles. The zero-order valence-electron chi connectivity index (χ0n) is 13.1. The molecule has 0 bridgehead atoms. The lowest BCUT2D eigenvalue weighted by atomic mass is 10.2. The van der Waals surface area contributed by atoms with Gasteiger partial charge in [-0.05, 0) is 36.8 Å². The fraction of sp³-hybridized carbons (Fsp3) is 0.176. The smallest absolute Gasteiger partial charge is 0.209 e. The van der Waals surface area contributed by atoms with Gasteiger partial charge in [0.1, 0.15) is 5.75 Å². The van der Waals surface area contributed by atoms with Crippen LogP contribution in [0.3, 0.4) is 0 Å². The molecule has 124 valence electrons. The molecule has 7 heteroatoms. The van der Waals surface area contributed by atoms with Gasteiger partial charge in [-0.2, -0.15) is 0 Å². The first-order chi connectivity index (χ1) is 11.6. The first kappa shape index (κ1) is 17.1. The van der Waals surface area contributed by atoms with Gasteiger partial charge in [-0.3, -0.25) is 5.10 Å². The molecule has 0 aliphatic heterocycles. The molecule has 0 radical (unpaired) electrons. The molecule has 1 atom stereocenters. The van der Waals surface area contributed by atoms with Gasteiger partial charge in [-0.15, -0.1) is 5.10 Å². The minimum Gasteiger partial charge on any atom is -0.496 e. The van der Waals surface area contributed by atoms with Crippen LogP contribution in [0.5, 0.6) is 5.75 Å². The largest absolute Gasteiger partial charge is 0.496 e. The SMILES string of the molecule is COc1ccc(Cl)cc1-c1nc(S[C@H](C)c2ccccc2Cl)n[nH]1. The van der Waals surface area contributed by atoms with Crippen molar-refractivity contribution in [3.05, 3.63) is 58.1 Å². The summed E-state index contributed by atoms with van der Waals surface area (Å²) in [5.74, 6) is 1.30. The summed E-state index contributed by atoms with van der Waals surface area (Å²) >= 11 is 13.9. The number of hydrogen-bond acceptors (Lipinski definition) is 4. The second kappa shape index (κ2) is 7.47. The van der Waals surface area contributed by atoms with Crippen molar-refractivity contribution < 1.29 is 4.74 Å². The minimum atomic E-state index is 0.128. The number of hydrogen-bond donors (Lipinski definition) is 1. The maximum atomic E-state index is 6.25. The predicted octanol–water partition coefficient (Wildman–Crippen LogP) is 5.64. The van der Waals surface area contributed by atoms with Crippen LogP contribution in [-0.2, 0) is 0 Å². The lowest BCUT2D eigenvalue weighted by Crippen LogP contribution is -1.91. The number of benzene rings is 2. The van der Waals surface area contributed by atoms with Crippen molar-refractivity contribution >= 4 is 35.0 Å². The van der Waals surface area contributed by atoms with E-state index >= 15 is 0 Å². The summed E-state index contributed by atoms with van der Waals surface area (Å²) in [5, 5.41) is 9.34. The third kappa shape index (κ3) is 3.69. The van der Waals surface area contributed by atoms with Crippen molar-refractivity contribution in [2.75, 3.05) is 7.11 Å². The van der Waals surface area contributed by atoms with Gasteiger partial charge >= 0.3 is 0 Å². The maximum Gasteiger partial charge on any atom is 0.209 e. The van der Waals surface area contributed by atoms with Gasteiger partial charge in [-0.25, -0.2) is 4.98 Å². The third-order valence-corrected chi connectivity index (χ3v) is 5.09. The van der Waals surface area contributed by atoms with Crippen LogP contribution in [-0.4, -0.2) is 22.3 Å². The van der Waals surface area contributed by atoms with Gasteiger partial charge in [0.05, 0.1) is 12.7 Å². The summed E-state index contributed by atoms with van der Waals surface area (Å²) in [5.41, 5.74) is 1.82. The predicted molar refractivity (Wildman–Crippen MR) is 99.1 cm³/mol. The maximum absolute atomic E-state index is 6.25. The fourth-order valence-electron chi connectivity index (χ4n) is 2.31. The highest BCUT2D eigenvalue weighted by atomic mass is 35.5. The highest BCUT2D eigenvalue weighted by Crippen LogP contribution is 2.37. The first-order valence-corrected chi connectivity index (χ1v) is 8.89. The Morgan fingerprint density at radius 3 is 2.71 bits per heavy atom. The summed E-state index contributed by atoms with van der Waals surface area (Å²) in [7, 11) is 1.61. The van der Waals surface area contributed by atoms with E-state index in [1.54, 1.807) is 25.3 Å². The van der Waals surface area contributed by atoms with Crippen molar-refractivity contribution in [3.8, 4) is 17.1 Å². The molecule has 0 spiro atoms. The number of methoxy groups -OCH3 is 1. The molecular formula is C17H15Cl2N3OS. The van der Waals surface area contributed by atoms with Crippen molar-refractivity contribution in [1.29, 1.82) is 0 Å². The number of H-pyrrole nitrogens is 1. The molecule has 4 nitrogen and oxygen atoms in total. The number of nitrogens with one attached hydrogen (secondary N) is 1. The zero-order chi connectivity index (χ0) is 17.1. The summed E-state index contributed by atoms with van der Waals surface area (Å²) in [6.07, 6.45) is 0. The quantitative estimate of drug-likeness (QED) is 0.582. The highest BCUT2D eigenvalue weighted by Gasteiger charge is 2.16. The Bertz CT molecular complexity index is 853. The van der Waals surface area contributed by atoms with Crippen molar-refractivity contribution in [2.45, 2.75) is 17.3 Å². The van der Waals surface area contributed by atoms with E-state index in [4.69, 9.17) is 27.9 Å². The van der Waals surface area contributed by atoms with Crippen LogP contribution in [0.25, 0.3) is 11.4 Å². The lowest BCUT2D eigenvalue weighted by molar-refractivity contribution is 0.416. The summed E-state index contributed by atoms with van der Waals surface area (Å²) in [6, 6.07) is 13.2. The Morgan fingerprint density at radius 1 is 1.17 bits per heavy atom. The van der Waals surface area contributed by atoms with E-state index in [1.165, 1.54) is 11.8 Å². The van der Waals surface area contributed by atoms with E-state index in [1.807, 2.05) is 24.3 Å². The Labute approximate surface area is 154 Å². The van der Waals surface area contributed by atoms with Crippen LogP contribution < -0.4 is 4.74 Å². The molecule has 3 aromatic rings. The number of nitrogens with zero attached hydrogens (tertiary/aromatic N) is 2. The molecule has 0 saturated carbocycles. The summed E-state index contributed by atoms with van der Waals surface area (Å²) in [4.78, 5) is 4.54. The van der Waals surface area contributed by atoms with Crippen molar-refractivity contribution in [2.24, 2.45) is 0 Å². The molecule has 3 rings (SSSR count). The van der Waals surface area contributed by atoms with Crippen LogP contribution in [0.1, 0.15) is 17.7 Å². The van der Waals surface area contributed by atoms with Gasteiger partial charge < -0.3 is 4.74 Å². The van der Waals surface area contributed by atoms with Crippen LogP contribution in [0.15, 0.2) is 47.6 Å². The highest BCUT2D eigenvalue weighted by molar-refractivity contribution is 7.99. The second-order valence-electron chi connectivity index (χ2n) is 5.09. The Kier molecular flexibility index (Phi) is 5.33. The molecule has 1 aromatic heterocycles. The molecule has 0 unspecified atom stereocenters. The summed E-state index contributed by atoms with van der Waals surface area (Å²) < 4.78 is 5.36. The van der Waals surface area contributed by atoms with E-state index in [-0.39, 0.29) is 5.25 Å². The van der Waals surface area contributed by atoms with E-state index in [9.17, 15) is 0 Å². The average molecular weight is 380 g/mol. The van der Waals surface area contributed by atoms with Crippen LogP contribution in [0.4, 0.5) is 0 Å². The molecule has 1 heterocycles. The zero-order valence-corrected chi connectivity index (χ0v) is 15.4. The Hall–Kier alpha value is -1.69. The van der Waals surface area contributed by atoms with Crippen molar-refractivity contribution in [3.63, 3.8) is 0 Å². The van der Waals surface area contributed by atoms with Crippen molar-refractivity contribution in [1.82, 2.24) is 15.2 Å². The average Bonchev–Trinajstić information content (AvgIpc) is 3.03. The Balaban J connectivity index is 1.84. The first-order valence-electron chi connectivity index (χ1n) is 7.26. The normalized spacial score (nSPS) is 12.2. The summed E-state index contributed by atoms with van der Waals surface area (Å²) in [6.45, 7) is 2.07. The van der Waals surface area contributed by atoms with Gasteiger partial charge in [0, 0.05) is 15.3 Å². The third-order valence-electron chi connectivity index (χ3n) is 3.51. The van der Waals surface area contributed by atoms with Crippen LogP contribution in [0.2, 0.25) is 10.0 Å². The van der Waals surface area contributed by atoms with Crippen LogP contribution >= 0.6 is 35.0 Å². The van der Waals surface area contributed by atoms with Gasteiger partial charge in [-0.1, -0.05) is 53.2 Å². The number of rotatable bonds is 5. The standard InChI is InChI=1S/C17H15Cl2N3OS/c1-10(12-5-3-4-6-14(12)19)24-17-20-16(21-22-17)13-9-11(18)7-8-15(13)23-2/h3-10H,1-2H3,(H,20,21,22)/t10-/m1/s1. The monoisotopic (exact) mass is 379 g/mol. The van der Waals surface area contributed by atoms with Gasteiger partial charge in [0.15, 0.2) is 5.82 Å². The van der Waals surface area contributed by atoms with Gasteiger partial charge in [0.25, 0.3) is 0 Å². The number of aromatic nitrogens is 3. The lowest BCUT2D eigenvalue weighted by Gasteiger charge is -2.10. The van der Waals surface area contributed by atoms with Crippen LogP contribution in [0, 0.1) is 0 Å². The number of ether oxygens (including phenoxy) is 1. The Morgan fingerprint density at radius 2 is 1.96 bits per heavy atom. The topological polar surface area (TPSA) is 50.8 Å². The molecule has 0 saturated heterocycles. The fourth-order valence-corrected chi connectivity index (χ4v) is 3.74. The second-order valence-corrected chi connectivity index (χ2v) is 7.24.